The molecule has 78 valence electrons. The predicted molar refractivity (Wildman–Crippen MR) is 54.7 cm³/mol. The van der Waals surface area contributed by atoms with Gasteiger partial charge in [-0.05, 0) is 6.42 Å². The Kier molecular flexibility index (Phi) is 3.50. The molecule has 0 atom stereocenters. The molecule has 0 bridgehead atoms. The first-order valence-corrected chi connectivity index (χ1v) is 4.78. The standard InChI is InChI=1S/C9H16N4O/c1-2-3-4-5-13-8(10)7(6-12-13)9(11)14/h6H,2-5,10H2,1H3,(H2,11,14). The monoisotopic (exact) mass is 196 g/mol. The van der Waals surface area contributed by atoms with Crippen LogP contribution < -0.4 is 11.5 Å². The van der Waals surface area contributed by atoms with E-state index in [0.29, 0.717) is 11.4 Å². The van der Waals surface area contributed by atoms with Crippen molar-refractivity contribution in [3.05, 3.63) is 11.8 Å². The number of anilines is 1. The molecular formula is C9H16N4O. The van der Waals surface area contributed by atoms with Crippen molar-refractivity contribution < 1.29 is 4.79 Å². The molecule has 0 unspecified atom stereocenters. The summed E-state index contributed by atoms with van der Waals surface area (Å²) in [6, 6.07) is 0. The van der Waals surface area contributed by atoms with Crippen molar-refractivity contribution >= 4 is 11.7 Å². The number of carbonyl (C=O) groups is 1. The highest BCUT2D eigenvalue weighted by atomic mass is 16.1. The smallest absolute Gasteiger partial charge is 0.254 e. The second-order valence-electron chi connectivity index (χ2n) is 3.24. The molecule has 0 aliphatic heterocycles. The minimum atomic E-state index is -0.524. The van der Waals surface area contributed by atoms with Gasteiger partial charge >= 0.3 is 0 Å². The van der Waals surface area contributed by atoms with Crippen molar-refractivity contribution in [2.24, 2.45) is 5.73 Å². The Morgan fingerprint density at radius 1 is 1.57 bits per heavy atom. The van der Waals surface area contributed by atoms with E-state index in [9.17, 15) is 4.79 Å². The summed E-state index contributed by atoms with van der Waals surface area (Å²) in [7, 11) is 0. The van der Waals surface area contributed by atoms with Gasteiger partial charge in [0.1, 0.15) is 11.4 Å². The Morgan fingerprint density at radius 3 is 2.79 bits per heavy atom. The third-order valence-electron chi connectivity index (χ3n) is 2.12. The Hall–Kier alpha value is -1.52. The maximum atomic E-state index is 10.9. The number of aromatic nitrogens is 2. The molecule has 5 nitrogen and oxygen atoms in total. The number of nitrogens with zero attached hydrogens (tertiary/aromatic N) is 2. The third-order valence-corrected chi connectivity index (χ3v) is 2.12. The summed E-state index contributed by atoms with van der Waals surface area (Å²) in [5, 5.41) is 4.00. The number of amides is 1. The van der Waals surface area contributed by atoms with Crippen molar-refractivity contribution in [2.45, 2.75) is 32.7 Å². The largest absolute Gasteiger partial charge is 0.383 e. The molecule has 1 heterocycles. The highest BCUT2D eigenvalue weighted by molar-refractivity contribution is 5.96. The fourth-order valence-electron chi connectivity index (χ4n) is 1.27. The number of unbranched alkanes of at least 4 members (excludes halogenated alkanes) is 2. The first-order valence-electron chi connectivity index (χ1n) is 4.78. The molecular weight excluding hydrogens is 180 g/mol. The van der Waals surface area contributed by atoms with Gasteiger partial charge in [0.15, 0.2) is 0 Å². The van der Waals surface area contributed by atoms with E-state index in [4.69, 9.17) is 11.5 Å². The topological polar surface area (TPSA) is 86.9 Å². The lowest BCUT2D eigenvalue weighted by Crippen LogP contribution is -2.13. The molecule has 1 rings (SSSR count). The van der Waals surface area contributed by atoms with Crippen LogP contribution in [0.25, 0.3) is 0 Å². The fourth-order valence-corrected chi connectivity index (χ4v) is 1.27. The molecule has 0 radical (unpaired) electrons. The predicted octanol–water partition coefficient (Wildman–Crippen LogP) is 0.754. The van der Waals surface area contributed by atoms with Gasteiger partial charge in [-0.3, -0.25) is 4.79 Å². The average molecular weight is 196 g/mol. The van der Waals surface area contributed by atoms with Crippen LogP contribution in [-0.2, 0) is 6.54 Å². The van der Waals surface area contributed by atoms with Crippen molar-refractivity contribution in [2.75, 3.05) is 5.73 Å². The summed E-state index contributed by atoms with van der Waals surface area (Å²) >= 11 is 0. The SMILES string of the molecule is CCCCCn1ncc(C(N)=O)c1N. The molecule has 0 fully saturated rings. The molecule has 5 heteroatoms. The number of rotatable bonds is 5. The van der Waals surface area contributed by atoms with Gasteiger partial charge in [-0.15, -0.1) is 0 Å². The van der Waals surface area contributed by atoms with Crippen molar-refractivity contribution in [3.63, 3.8) is 0 Å². The maximum Gasteiger partial charge on any atom is 0.254 e. The lowest BCUT2D eigenvalue weighted by atomic mass is 10.2. The van der Waals surface area contributed by atoms with E-state index in [1.807, 2.05) is 0 Å². The molecule has 1 aromatic heterocycles. The summed E-state index contributed by atoms with van der Waals surface area (Å²) in [4.78, 5) is 10.9. The van der Waals surface area contributed by atoms with Gasteiger partial charge in [0.05, 0.1) is 6.20 Å². The summed E-state index contributed by atoms with van der Waals surface area (Å²) in [5.74, 6) is -0.155. The van der Waals surface area contributed by atoms with Gasteiger partial charge in [0.2, 0.25) is 0 Å². The van der Waals surface area contributed by atoms with Gasteiger partial charge < -0.3 is 11.5 Å². The fraction of sp³-hybridized carbons (Fsp3) is 0.556. The zero-order chi connectivity index (χ0) is 10.6. The minimum absolute atomic E-state index is 0.307. The molecule has 0 aromatic carbocycles. The Morgan fingerprint density at radius 2 is 2.29 bits per heavy atom. The summed E-state index contributed by atoms with van der Waals surface area (Å²) in [5.41, 5.74) is 11.1. The van der Waals surface area contributed by atoms with Gasteiger partial charge in [-0.25, -0.2) is 4.68 Å². The van der Waals surface area contributed by atoms with Crippen molar-refractivity contribution in [1.82, 2.24) is 9.78 Å². The zero-order valence-corrected chi connectivity index (χ0v) is 8.36. The van der Waals surface area contributed by atoms with Crippen LogP contribution in [0.3, 0.4) is 0 Å². The zero-order valence-electron chi connectivity index (χ0n) is 8.36. The minimum Gasteiger partial charge on any atom is -0.383 e. The highest BCUT2D eigenvalue weighted by Crippen LogP contribution is 2.11. The van der Waals surface area contributed by atoms with Crippen LogP contribution in [0.4, 0.5) is 5.82 Å². The Labute approximate surface area is 83.1 Å². The number of nitrogens with two attached hydrogens (primary N) is 2. The van der Waals surface area contributed by atoms with Crippen molar-refractivity contribution in [3.8, 4) is 0 Å². The van der Waals surface area contributed by atoms with E-state index in [1.165, 1.54) is 6.20 Å². The third kappa shape index (κ3) is 2.25. The second kappa shape index (κ2) is 4.64. The Balaban J connectivity index is 2.65. The molecule has 14 heavy (non-hydrogen) atoms. The van der Waals surface area contributed by atoms with Gasteiger partial charge in [-0.1, -0.05) is 19.8 Å². The molecule has 0 saturated heterocycles. The number of hydrogen-bond donors (Lipinski definition) is 2. The molecule has 1 aromatic rings. The van der Waals surface area contributed by atoms with Crippen LogP contribution >= 0.6 is 0 Å². The van der Waals surface area contributed by atoms with E-state index >= 15 is 0 Å². The maximum absolute atomic E-state index is 10.9. The van der Waals surface area contributed by atoms with E-state index in [1.54, 1.807) is 4.68 Å². The lowest BCUT2D eigenvalue weighted by molar-refractivity contribution is 0.100. The number of primary amides is 1. The van der Waals surface area contributed by atoms with Crippen LogP contribution in [0.5, 0.6) is 0 Å². The normalized spacial score (nSPS) is 10.4. The van der Waals surface area contributed by atoms with Gasteiger partial charge in [-0.2, -0.15) is 5.10 Å². The molecule has 0 aliphatic carbocycles. The molecule has 4 N–H and O–H groups in total. The van der Waals surface area contributed by atoms with Crippen LogP contribution in [-0.4, -0.2) is 15.7 Å². The number of carbonyl (C=O) groups excluding carboxylic acids is 1. The van der Waals surface area contributed by atoms with Crippen LogP contribution in [0.1, 0.15) is 36.5 Å². The van der Waals surface area contributed by atoms with Crippen LogP contribution in [0.2, 0.25) is 0 Å². The Bertz CT molecular complexity index is 319. The molecule has 0 saturated carbocycles. The first kappa shape index (κ1) is 10.6. The van der Waals surface area contributed by atoms with Crippen molar-refractivity contribution in [1.29, 1.82) is 0 Å². The van der Waals surface area contributed by atoms with E-state index < -0.39 is 5.91 Å². The van der Waals surface area contributed by atoms with Crippen LogP contribution in [0, 0.1) is 0 Å². The summed E-state index contributed by atoms with van der Waals surface area (Å²) in [6.45, 7) is 2.87. The number of aryl methyl sites for hydroxylation is 1. The summed E-state index contributed by atoms with van der Waals surface area (Å²) in [6.07, 6.45) is 4.71. The molecule has 1 amide bonds. The van der Waals surface area contributed by atoms with E-state index in [2.05, 4.69) is 12.0 Å². The second-order valence-corrected chi connectivity index (χ2v) is 3.24. The molecule has 0 aliphatic rings. The lowest BCUT2D eigenvalue weighted by Gasteiger charge is -2.03. The average Bonchev–Trinajstić information content (AvgIpc) is 2.48. The van der Waals surface area contributed by atoms with Gasteiger partial charge in [0.25, 0.3) is 5.91 Å². The van der Waals surface area contributed by atoms with E-state index in [0.717, 1.165) is 25.8 Å². The quantitative estimate of drug-likeness (QED) is 0.681. The van der Waals surface area contributed by atoms with E-state index in [-0.39, 0.29) is 0 Å². The van der Waals surface area contributed by atoms with Gasteiger partial charge in [0, 0.05) is 6.54 Å². The summed E-state index contributed by atoms with van der Waals surface area (Å²) < 4.78 is 1.62. The number of nitrogen functional groups attached to an aromatic ring is 1. The highest BCUT2D eigenvalue weighted by Gasteiger charge is 2.11. The molecule has 0 spiro atoms. The number of hydrogen-bond acceptors (Lipinski definition) is 3. The van der Waals surface area contributed by atoms with Crippen LogP contribution in [0.15, 0.2) is 6.20 Å². The first-order chi connectivity index (χ1) is 6.66.